The molecule has 4 atom stereocenters. The Kier molecular flexibility index (Phi) is 2.40. The maximum absolute atomic E-state index is 6.66. The van der Waals surface area contributed by atoms with Crippen LogP contribution in [0.5, 0.6) is 0 Å². The van der Waals surface area contributed by atoms with Crippen LogP contribution < -0.4 is 0 Å². The maximum atomic E-state index is 6.66. The highest BCUT2D eigenvalue weighted by Crippen LogP contribution is 2.66. The van der Waals surface area contributed by atoms with E-state index in [1.165, 1.54) is 30.4 Å². The van der Waals surface area contributed by atoms with E-state index >= 15 is 0 Å². The van der Waals surface area contributed by atoms with Gasteiger partial charge in [0, 0.05) is 5.92 Å². The average Bonchev–Trinajstić information content (AvgIpc) is 3.07. The number of rotatable bonds is 2. The molecule has 1 nitrogen and oxygen atoms in total. The van der Waals surface area contributed by atoms with E-state index in [4.69, 9.17) is 4.74 Å². The van der Waals surface area contributed by atoms with Crippen molar-refractivity contribution in [2.24, 2.45) is 17.8 Å². The van der Waals surface area contributed by atoms with Crippen molar-refractivity contribution in [1.29, 1.82) is 0 Å². The third kappa shape index (κ3) is 1.45. The zero-order valence-electron chi connectivity index (χ0n) is 12.1. The summed E-state index contributed by atoms with van der Waals surface area (Å²) in [6, 6.07) is 21.7. The van der Waals surface area contributed by atoms with Crippen LogP contribution in [0, 0.1) is 17.8 Å². The standard InChI is InChI=1S/C20H20O/c1-3-7-16(8-4-1)20(17-9-5-2-6-10-17)18-14-11-12-15(13-14)19(18)21-20/h1-10,14-15,18-19H,11-13H2. The minimum absolute atomic E-state index is 0.187. The molecular weight excluding hydrogens is 256 g/mol. The minimum Gasteiger partial charge on any atom is -0.361 e. The lowest BCUT2D eigenvalue weighted by Gasteiger charge is -2.57. The van der Waals surface area contributed by atoms with Crippen molar-refractivity contribution in [1.82, 2.24) is 0 Å². The third-order valence-electron chi connectivity index (χ3n) is 6.04. The Bertz CT molecular complexity index is 607. The lowest BCUT2D eigenvalue weighted by atomic mass is 9.63. The molecule has 21 heavy (non-hydrogen) atoms. The van der Waals surface area contributed by atoms with Crippen molar-refractivity contribution in [2.75, 3.05) is 0 Å². The summed E-state index contributed by atoms with van der Waals surface area (Å²) in [5, 5.41) is 0. The van der Waals surface area contributed by atoms with Crippen molar-refractivity contribution in [3.63, 3.8) is 0 Å². The van der Waals surface area contributed by atoms with Crippen LogP contribution in [-0.4, -0.2) is 6.10 Å². The van der Waals surface area contributed by atoms with E-state index in [0.29, 0.717) is 12.0 Å². The lowest BCUT2D eigenvalue weighted by molar-refractivity contribution is -0.263. The van der Waals surface area contributed by atoms with E-state index < -0.39 is 0 Å². The molecule has 4 unspecified atom stereocenters. The fraction of sp³-hybridized carbons (Fsp3) is 0.400. The van der Waals surface area contributed by atoms with Gasteiger partial charge >= 0.3 is 0 Å². The van der Waals surface area contributed by atoms with Gasteiger partial charge in [0.1, 0.15) is 5.60 Å². The summed E-state index contributed by atoms with van der Waals surface area (Å²) >= 11 is 0. The van der Waals surface area contributed by atoms with Gasteiger partial charge in [-0.2, -0.15) is 0 Å². The van der Waals surface area contributed by atoms with Crippen LogP contribution in [0.3, 0.4) is 0 Å². The van der Waals surface area contributed by atoms with Crippen LogP contribution >= 0.6 is 0 Å². The Labute approximate surface area is 126 Å². The second kappa shape index (κ2) is 4.20. The smallest absolute Gasteiger partial charge is 0.124 e. The first-order chi connectivity index (χ1) is 10.4. The topological polar surface area (TPSA) is 9.23 Å². The summed E-state index contributed by atoms with van der Waals surface area (Å²) in [4.78, 5) is 0. The van der Waals surface area contributed by atoms with Crippen molar-refractivity contribution in [2.45, 2.75) is 31.0 Å². The molecule has 0 radical (unpaired) electrons. The molecule has 106 valence electrons. The first kappa shape index (κ1) is 12.0. The van der Waals surface area contributed by atoms with Crippen LogP contribution in [0.15, 0.2) is 60.7 Å². The third-order valence-corrected chi connectivity index (χ3v) is 6.04. The van der Waals surface area contributed by atoms with Crippen LogP contribution in [-0.2, 0) is 10.3 Å². The highest BCUT2D eigenvalue weighted by atomic mass is 16.5. The van der Waals surface area contributed by atoms with Crippen LogP contribution in [0.2, 0.25) is 0 Å². The maximum Gasteiger partial charge on any atom is 0.124 e. The Morgan fingerprint density at radius 1 is 0.762 bits per heavy atom. The predicted molar refractivity (Wildman–Crippen MR) is 82.9 cm³/mol. The largest absolute Gasteiger partial charge is 0.361 e. The second-order valence-electron chi connectivity index (χ2n) is 6.91. The number of ether oxygens (including phenoxy) is 1. The predicted octanol–water partition coefficient (Wildman–Crippen LogP) is 4.38. The van der Waals surface area contributed by atoms with Crippen LogP contribution in [0.25, 0.3) is 0 Å². The summed E-state index contributed by atoms with van der Waals surface area (Å²) in [6.07, 6.45) is 4.67. The van der Waals surface area contributed by atoms with Gasteiger partial charge in [0.05, 0.1) is 6.10 Å². The van der Waals surface area contributed by atoms with E-state index in [1.54, 1.807) is 0 Å². The molecule has 5 rings (SSSR count). The van der Waals surface area contributed by atoms with Crippen LogP contribution in [0.1, 0.15) is 30.4 Å². The Morgan fingerprint density at radius 3 is 1.90 bits per heavy atom. The molecule has 0 N–H and O–H groups in total. The van der Waals surface area contributed by atoms with Gasteiger partial charge in [0.15, 0.2) is 0 Å². The molecule has 1 aliphatic heterocycles. The van der Waals surface area contributed by atoms with Crippen molar-refractivity contribution < 1.29 is 4.74 Å². The minimum atomic E-state index is -0.187. The van der Waals surface area contributed by atoms with E-state index in [-0.39, 0.29) is 5.60 Å². The number of hydrogen-bond donors (Lipinski definition) is 0. The summed E-state index contributed by atoms with van der Waals surface area (Å²) in [6.45, 7) is 0. The fourth-order valence-electron chi connectivity index (χ4n) is 5.25. The zero-order valence-corrected chi connectivity index (χ0v) is 12.1. The highest BCUT2D eigenvalue weighted by Gasteiger charge is 2.67. The van der Waals surface area contributed by atoms with Crippen LogP contribution in [0.4, 0.5) is 0 Å². The Hall–Kier alpha value is -1.60. The van der Waals surface area contributed by atoms with Gasteiger partial charge in [-0.1, -0.05) is 60.7 Å². The summed E-state index contributed by atoms with van der Waals surface area (Å²) < 4.78 is 6.66. The summed E-state index contributed by atoms with van der Waals surface area (Å²) in [5.74, 6) is 2.36. The SMILES string of the molecule is c1ccc(C2(c3ccccc3)OC3C4CCC(C4)C32)cc1. The molecule has 0 aromatic heterocycles. The summed E-state index contributed by atoms with van der Waals surface area (Å²) in [7, 11) is 0. The van der Waals surface area contributed by atoms with Crippen molar-refractivity contribution in [3.05, 3.63) is 71.8 Å². The monoisotopic (exact) mass is 276 g/mol. The van der Waals surface area contributed by atoms with Crippen molar-refractivity contribution >= 4 is 0 Å². The van der Waals surface area contributed by atoms with Gasteiger partial charge in [-0.3, -0.25) is 0 Å². The molecule has 1 saturated heterocycles. The summed E-state index contributed by atoms with van der Waals surface area (Å²) in [5.41, 5.74) is 2.49. The van der Waals surface area contributed by atoms with Gasteiger partial charge in [-0.05, 0) is 42.2 Å². The molecule has 1 heterocycles. The van der Waals surface area contributed by atoms with Gasteiger partial charge in [-0.25, -0.2) is 0 Å². The lowest BCUT2D eigenvalue weighted by Crippen LogP contribution is -2.60. The molecule has 0 amide bonds. The average molecular weight is 276 g/mol. The molecule has 2 aromatic carbocycles. The molecule has 1 heteroatoms. The zero-order chi connectivity index (χ0) is 13.9. The van der Waals surface area contributed by atoms with E-state index in [9.17, 15) is 0 Å². The normalized spacial score (nSPS) is 35.2. The fourth-order valence-corrected chi connectivity index (χ4v) is 5.25. The molecule has 2 bridgehead atoms. The quantitative estimate of drug-likeness (QED) is 0.791. The number of benzene rings is 2. The highest BCUT2D eigenvalue weighted by molar-refractivity contribution is 5.42. The molecular formula is C20H20O. The van der Waals surface area contributed by atoms with E-state index in [2.05, 4.69) is 60.7 Å². The van der Waals surface area contributed by atoms with Gasteiger partial charge < -0.3 is 4.74 Å². The Morgan fingerprint density at radius 2 is 1.33 bits per heavy atom. The van der Waals surface area contributed by atoms with Gasteiger partial charge in [0.2, 0.25) is 0 Å². The Balaban J connectivity index is 1.67. The molecule has 3 fully saturated rings. The molecule has 0 spiro atoms. The number of fused-ring (bicyclic) bond motifs is 5. The number of hydrogen-bond acceptors (Lipinski definition) is 1. The molecule has 3 aliphatic rings. The first-order valence-corrected chi connectivity index (χ1v) is 8.18. The molecule has 2 aromatic rings. The first-order valence-electron chi connectivity index (χ1n) is 8.18. The van der Waals surface area contributed by atoms with E-state index in [0.717, 1.165) is 11.8 Å². The van der Waals surface area contributed by atoms with Crippen molar-refractivity contribution in [3.8, 4) is 0 Å². The second-order valence-corrected chi connectivity index (χ2v) is 6.91. The van der Waals surface area contributed by atoms with Gasteiger partial charge in [-0.15, -0.1) is 0 Å². The van der Waals surface area contributed by atoms with E-state index in [1.807, 2.05) is 0 Å². The van der Waals surface area contributed by atoms with Gasteiger partial charge in [0.25, 0.3) is 0 Å². The molecule has 2 saturated carbocycles. The molecule has 2 aliphatic carbocycles.